The van der Waals surface area contributed by atoms with Gasteiger partial charge in [0.25, 0.3) is 0 Å². The first-order valence-corrected chi connectivity index (χ1v) is 14.0. The number of carbonyl (C=O) groups is 3. The van der Waals surface area contributed by atoms with E-state index in [0.29, 0.717) is 13.2 Å². The number of ether oxygens (including phenoxy) is 3. The molecule has 5 atom stereocenters. The van der Waals surface area contributed by atoms with Crippen molar-refractivity contribution in [1.82, 2.24) is 5.32 Å². The van der Waals surface area contributed by atoms with Crippen molar-refractivity contribution in [3.8, 4) is 0 Å². The molecule has 0 bridgehead atoms. The molecule has 0 saturated carbocycles. The molecule has 1 aliphatic heterocycles. The highest BCUT2D eigenvalue weighted by Gasteiger charge is 2.38. The number of aliphatic hydroxyl groups excluding tert-OH is 1. The summed E-state index contributed by atoms with van der Waals surface area (Å²) in [6, 6.07) is 6.97. The van der Waals surface area contributed by atoms with Crippen molar-refractivity contribution in [3.05, 3.63) is 29.8 Å². The number of alkyl carbamates (subject to hydrolysis) is 1. The molecule has 0 radical (unpaired) electrons. The predicted octanol–water partition coefficient (Wildman–Crippen LogP) is 4.37. The van der Waals surface area contributed by atoms with Gasteiger partial charge in [-0.3, -0.25) is 9.59 Å². The minimum absolute atomic E-state index is 0.0483. The van der Waals surface area contributed by atoms with E-state index in [4.69, 9.17) is 14.2 Å². The number of amides is 2. The fourth-order valence-electron chi connectivity index (χ4n) is 5.15. The van der Waals surface area contributed by atoms with Crippen molar-refractivity contribution in [2.45, 2.75) is 98.2 Å². The maximum atomic E-state index is 13.8. The van der Waals surface area contributed by atoms with E-state index in [9.17, 15) is 24.6 Å². The second kappa shape index (κ2) is 14.3. The molecule has 0 unspecified atom stereocenters. The Morgan fingerprint density at radius 1 is 1.15 bits per heavy atom. The van der Waals surface area contributed by atoms with Gasteiger partial charge < -0.3 is 34.6 Å². The van der Waals surface area contributed by atoms with Crippen LogP contribution in [0.5, 0.6) is 0 Å². The van der Waals surface area contributed by atoms with Gasteiger partial charge in [0.1, 0.15) is 5.60 Å². The number of carboxylic acids is 1. The number of hydrogen-bond donors (Lipinski definition) is 3. The topological polar surface area (TPSA) is 135 Å². The van der Waals surface area contributed by atoms with Gasteiger partial charge in [-0.05, 0) is 64.0 Å². The molecule has 2 amide bonds. The number of carbonyl (C=O) groups excluding carboxylic acids is 2. The fraction of sp³-hybridized carbons (Fsp3) is 0.700. The molecule has 0 aliphatic carbocycles. The van der Waals surface area contributed by atoms with Crippen LogP contribution in [0.15, 0.2) is 24.3 Å². The Morgan fingerprint density at radius 3 is 2.38 bits per heavy atom. The highest BCUT2D eigenvalue weighted by atomic mass is 16.7. The van der Waals surface area contributed by atoms with Gasteiger partial charge in [0.2, 0.25) is 5.91 Å². The van der Waals surface area contributed by atoms with E-state index in [0.717, 1.165) is 17.7 Å². The summed E-state index contributed by atoms with van der Waals surface area (Å²) in [5.74, 6) is -2.00. The van der Waals surface area contributed by atoms with Crippen LogP contribution in [0, 0.1) is 17.3 Å². The number of methoxy groups -OCH3 is 1. The SMILES string of the molecule is CCO[C@@H](OC)[C@H]1Cc2ccccc2N(C(=O)CC(C)(C)C[C@H](NC(=O)OC(C)(C)C)[C@@H](O)C[C@@H](C)C(=O)O)C1. The lowest BCUT2D eigenvalue weighted by Crippen LogP contribution is -2.49. The van der Waals surface area contributed by atoms with Gasteiger partial charge in [0, 0.05) is 38.3 Å². The zero-order valence-corrected chi connectivity index (χ0v) is 25.2. The van der Waals surface area contributed by atoms with Crippen LogP contribution in [-0.4, -0.2) is 72.5 Å². The molecule has 10 nitrogen and oxygen atoms in total. The van der Waals surface area contributed by atoms with E-state index < -0.39 is 47.4 Å². The van der Waals surface area contributed by atoms with E-state index in [1.165, 1.54) is 6.92 Å². The zero-order chi connectivity index (χ0) is 30.3. The minimum atomic E-state index is -1.15. The molecular weight excluding hydrogens is 516 g/mol. The van der Waals surface area contributed by atoms with E-state index in [2.05, 4.69) is 5.32 Å². The lowest BCUT2D eigenvalue weighted by atomic mass is 9.79. The van der Waals surface area contributed by atoms with Gasteiger partial charge in [0.05, 0.1) is 18.1 Å². The molecule has 2 rings (SSSR count). The largest absolute Gasteiger partial charge is 0.481 e. The Hall–Kier alpha value is -2.69. The Labute approximate surface area is 238 Å². The summed E-state index contributed by atoms with van der Waals surface area (Å²) in [6.07, 6.45) is -1.29. The van der Waals surface area contributed by atoms with Gasteiger partial charge in [-0.15, -0.1) is 0 Å². The average Bonchev–Trinajstić information content (AvgIpc) is 2.84. The van der Waals surface area contributed by atoms with Crippen LogP contribution >= 0.6 is 0 Å². The maximum absolute atomic E-state index is 13.8. The lowest BCUT2D eigenvalue weighted by Gasteiger charge is -2.39. The first-order valence-electron chi connectivity index (χ1n) is 14.0. The number of fused-ring (bicyclic) bond motifs is 1. The number of benzene rings is 1. The van der Waals surface area contributed by atoms with Crippen molar-refractivity contribution < 1.29 is 38.8 Å². The number of anilines is 1. The molecule has 0 fully saturated rings. The molecule has 226 valence electrons. The molecule has 10 heteroatoms. The first kappa shape index (κ1) is 33.5. The number of nitrogens with one attached hydrogen (secondary N) is 1. The number of para-hydroxylation sites is 1. The number of aliphatic carboxylic acids is 1. The third kappa shape index (κ3) is 10.1. The second-order valence-corrected chi connectivity index (χ2v) is 12.5. The van der Waals surface area contributed by atoms with Crippen LogP contribution in [0.25, 0.3) is 0 Å². The molecule has 1 aromatic carbocycles. The van der Waals surface area contributed by atoms with Crippen LogP contribution in [0.4, 0.5) is 10.5 Å². The van der Waals surface area contributed by atoms with Crippen molar-refractivity contribution in [2.75, 3.05) is 25.2 Å². The summed E-state index contributed by atoms with van der Waals surface area (Å²) >= 11 is 0. The Kier molecular flexibility index (Phi) is 12.0. The molecule has 1 aliphatic rings. The van der Waals surface area contributed by atoms with Crippen LogP contribution in [0.2, 0.25) is 0 Å². The molecule has 1 heterocycles. The summed E-state index contributed by atoms with van der Waals surface area (Å²) < 4.78 is 16.8. The number of hydrogen-bond acceptors (Lipinski definition) is 7. The van der Waals surface area contributed by atoms with Crippen LogP contribution in [0.3, 0.4) is 0 Å². The predicted molar refractivity (Wildman–Crippen MR) is 152 cm³/mol. The molecule has 3 N–H and O–H groups in total. The summed E-state index contributed by atoms with van der Waals surface area (Å²) in [7, 11) is 1.60. The van der Waals surface area contributed by atoms with Gasteiger partial charge in [-0.1, -0.05) is 39.0 Å². The third-order valence-electron chi connectivity index (χ3n) is 7.02. The third-order valence-corrected chi connectivity index (χ3v) is 7.02. The number of rotatable bonds is 13. The van der Waals surface area contributed by atoms with E-state index in [1.54, 1.807) is 32.8 Å². The summed E-state index contributed by atoms with van der Waals surface area (Å²) in [6.45, 7) is 13.3. The Balaban J connectivity index is 2.25. The lowest BCUT2D eigenvalue weighted by molar-refractivity contribution is -0.152. The fourth-order valence-corrected chi connectivity index (χ4v) is 5.15. The van der Waals surface area contributed by atoms with Crippen molar-refractivity contribution in [1.29, 1.82) is 0 Å². The summed E-state index contributed by atoms with van der Waals surface area (Å²) in [5.41, 5.74) is 0.477. The Morgan fingerprint density at radius 2 is 1.80 bits per heavy atom. The highest BCUT2D eigenvalue weighted by molar-refractivity contribution is 5.95. The van der Waals surface area contributed by atoms with E-state index in [-0.39, 0.29) is 31.1 Å². The number of aliphatic hydroxyl groups is 1. The molecule has 0 saturated heterocycles. The van der Waals surface area contributed by atoms with Crippen LogP contribution in [-0.2, 0) is 30.2 Å². The van der Waals surface area contributed by atoms with Crippen molar-refractivity contribution in [2.24, 2.45) is 17.3 Å². The van der Waals surface area contributed by atoms with E-state index in [1.807, 2.05) is 45.0 Å². The standard InChI is InChI=1S/C30H48N2O8/c1-9-39-27(38-8)21-15-20-12-10-11-13-23(20)32(18-21)25(34)17-30(6,7)16-22(24(33)14-19(2)26(35)36)31-28(37)40-29(3,4)5/h10-13,19,21-22,24,27,33H,9,14-18H2,1-8H3,(H,31,37)(H,35,36)/t19-,21+,22+,24+,27-/m1/s1. The summed E-state index contributed by atoms with van der Waals surface area (Å²) in [4.78, 5) is 39.6. The maximum Gasteiger partial charge on any atom is 0.407 e. The van der Waals surface area contributed by atoms with E-state index >= 15 is 0 Å². The molecular formula is C30H48N2O8. The van der Waals surface area contributed by atoms with Gasteiger partial charge in [-0.2, -0.15) is 0 Å². The molecule has 40 heavy (non-hydrogen) atoms. The van der Waals surface area contributed by atoms with Crippen molar-refractivity contribution in [3.63, 3.8) is 0 Å². The average molecular weight is 565 g/mol. The quantitative estimate of drug-likeness (QED) is 0.301. The van der Waals surface area contributed by atoms with Crippen LogP contribution < -0.4 is 10.2 Å². The molecule has 0 aromatic heterocycles. The van der Waals surface area contributed by atoms with Crippen molar-refractivity contribution >= 4 is 23.7 Å². The number of nitrogens with zero attached hydrogens (tertiary/aromatic N) is 1. The monoisotopic (exact) mass is 564 g/mol. The Bertz CT molecular complexity index is 1010. The van der Waals surface area contributed by atoms with Gasteiger partial charge >= 0.3 is 12.1 Å². The smallest absolute Gasteiger partial charge is 0.407 e. The normalized spacial score (nSPS) is 18.7. The van der Waals surface area contributed by atoms with Crippen LogP contribution in [0.1, 0.15) is 73.3 Å². The second-order valence-electron chi connectivity index (χ2n) is 12.5. The summed E-state index contributed by atoms with van der Waals surface area (Å²) in [5, 5.41) is 23.0. The first-order chi connectivity index (χ1) is 18.6. The van der Waals surface area contributed by atoms with Gasteiger partial charge in [0.15, 0.2) is 6.29 Å². The highest BCUT2D eigenvalue weighted by Crippen LogP contribution is 2.36. The van der Waals surface area contributed by atoms with Gasteiger partial charge in [-0.25, -0.2) is 4.79 Å². The molecule has 1 aromatic rings. The number of carboxylic acid groups (broad SMARTS) is 1. The zero-order valence-electron chi connectivity index (χ0n) is 25.2. The molecule has 0 spiro atoms. The minimum Gasteiger partial charge on any atom is -0.481 e.